The van der Waals surface area contributed by atoms with Gasteiger partial charge in [0, 0.05) is 24.6 Å². The van der Waals surface area contributed by atoms with E-state index in [2.05, 4.69) is 41.4 Å². The predicted octanol–water partition coefficient (Wildman–Crippen LogP) is 3.22. The van der Waals surface area contributed by atoms with Crippen LogP contribution in [0.1, 0.15) is 52.3 Å². The summed E-state index contributed by atoms with van der Waals surface area (Å²) in [5.74, 6) is 2.83. The molecule has 0 atom stereocenters. The van der Waals surface area contributed by atoms with E-state index in [1.165, 1.54) is 19.3 Å². The second kappa shape index (κ2) is 5.55. The van der Waals surface area contributed by atoms with Gasteiger partial charge >= 0.3 is 0 Å². The lowest BCUT2D eigenvalue weighted by molar-refractivity contribution is 0.305. The van der Waals surface area contributed by atoms with Gasteiger partial charge in [0.05, 0.1) is 0 Å². The van der Waals surface area contributed by atoms with Crippen LogP contribution < -0.4 is 10.6 Å². The normalized spacial score (nSPS) is 17.1. The lowest BCUT2D eigenvalue weighted by Gasteiger charge is -2.39. The quantitative estimate of drug-likeness (QED) is 0.811. The fourth-order valence-corrected chi connectivity index (χ4v) is 2.31. The van der Waals surface area contributed by atoms with Crippen LogP contribution in [0.2, 0.25) is 0 Å². The number of anilines is 2. The van der Waals surface area contributed by atoms with E-state index in [-0.39, 0.29) is 5.54 Å². The van der Waals surface area contributed by atoms with Crippen molar-refractivity contribution in [3.8, 4) is 0 Å². The summed E-state index contributed by atoms with van der Waals surface area (Å²) in [6.07, 6.45) is 5.79. The van der Waals surface area contributed by atoms with Crippen molar-refractivity contribution in [2.75, 3.05) is 17.2 Å². The van der Waals surface area contributed by atoms with Gasteiger partial charge in [-0.2, -0.15) is 0 Å². The highest BCUT2D eigenvalue weighted by Gasteiger charge is 2.31. The van der Waals surface area contributed by atoms with E-state index in [0.29, 0.717) is 0 Å². The average molecular weight is 248 g/mol. The average Bonchev–Trinajstić information content (AvgIpc) is 2.27. The minimum atomic E-state index is 0.237. The van der Waals surface area contributed by atoms with Crippen LogP contribution in [-0.4, -0.2) is 22.1 Å². The number of nitrogens with zero attached hydrogens (tertiary/aromatic N) is 2. The molecule has 1 aliphatic carbocycles. The lowest BCUT2D eigenvalue weighted by Crippen LogP contribution is -2.42. The van der Waals surface area contributed by atoms with Crippen LogP contribution >= 0.6 is 0 Å². The molecule has 1 aliphatic rings. The van der Waals surface area contributed by atoms with Crippen LogP contribution in [-0.2, 0) is 6.42 Å². The van der Waals surface area contributed by atoms with Gasteiger partial charge in [-0.3, -0.25) is 0 Å². The monoisotopic (exact) mass is 248 g/mol. The van der Waals surface area contributed by atoms with Gasteiger partial charge in [-0.1, -0.05) is 6.92 Å². The van der Waals surface area contributed by atoms with E-state index in [0.717, 1.165) is 36.8 Å². The van der Waals surface area contributed by atoms with Crippen LogP contribution in [0.4, 0.5) is 11.6 Å². The SMILES string of the molecule is CCCc1nc(NCC)cc(NC2(C)CCC2)n1. The first-order chi connectivity index (χ1) is 8.65. The molecule has 2 N–H and O–H groups in total. The third-order valence-electron chi connectivity index (χ3n) is 3.49. The molecule has 1 aromatic heterocycles. The van der Waals surface area contributed by atoms with E-state index in [1.807, 2.05) is 6.07 Å². The first-order valence-corrected chi connectivity index (χ1v) is 7.05. The van der Waals surface area contributed by atoms with Crippen LogP contribution in [0.5, 0.6) is 0 Å². The zero-order chi connectivity index (χ0) is 13.0. The van der Waals surface area contributed by atoms with Crippen molar-refractivity contribution in [2.45, 2.75) is 58.4 Å². The van der Waals surface area contributed by atoms with Crippen molar-refractivity contribution in [3.05, 3.63) is 11.9 Å². The minimum absolute atomic E-state index is 0.237. The fourth-order valence-electron chi connectivity index (χ4n) is 2.31. The standard InChI is InChI=1S/C14H24N4/c1-4-7-11-16-12(15-5-2)10-13(17-11)18-14(3)8-6-9-14/h10H,4-9H2,1-3H3,(H2,15,16,17,18). The molecule has 1 aromatic rings. The molecule has 0 amide bonds. The molecule has 1 heterocycles. The molecule has 1 fully saturated rings. The van der Waals surface area contributed by atoms with Crippen LogP contribution in [0.3, 0.4) is 0 Å². The fraction of sp³-hybridized carbons (Fsp3) is 0.714. The van der Waals surface area contributed by atoms with Crippen molar-refractivity contribution in [2.24, 2.45) is 0 Å². The molecule has 100 valence electrons. The maximum atomic E-state index is 4.61. The number of rotatable bonds is 6. The molecular weight excluding hydrogens is 224 g/mol. The Balaban J connectivity index is 2.16. The van der Waals surface area contributed by atoms with Gasteiger partial charge in [0.2, 0.25) is 0 Å². The van der Waals surface area contributed by atoms with Crippen molar-refractivity contribution in [3.63, 3.8) is 0 Å². The summed E-state index contributed by atoms with van der Waals surface area (Å²) in [5, 5.41) is 6.84. The Labute approximate surface area is 110 Å². The number of nitrogens with one attached hydrogen (secondary N) is 2. The first-order valence-electron chi connectivity index (χ1n) is 7.05. The molecule has 4 nitrogen and oxygen atoms in total. The van der Waals surface area contributed by atoms with Crippen LogP contribution in [0, 0.1) is 0 Å². The van der Waals surface area contributed by atoms with Gasteiger partial charge in [-0.05, 0) is 39.5 Å². The van der Waals surface area contributed by atoms with Crippen molar-refractivity contribution in [1.29, 1.82) is 0 Å². The highest BCUT2D eigenvalue weighted by Crippen LogP contribution is 2.34. The van der Waals surface area contributed by atoms with Gasteiger partial charge < -0.3 is 10.6 Å². The van der Waals surface area contributed by atoms with Gasteiger partial charge in [0.15, 0.2) is 0 Å². The van der Waals surface area contributed by atoms with Gasteiger partial charge in [0.25, 0.3) is 0 Å². The summed E-state index contributed by atoms with van der Waals surface area (Å²) in [6, 6.07) is 2.02. The van der Waals surface area contributed by atoms with E-state index in [4.69, 9.17) is 0 Å². The van der Waals surface area contributed by atoms with Crippen molar-refractivity contribution < 1.29 is 0 Å². The minimum Gasteiger partial charge on any atom is -0.370 e. The van der Waals surface area contributed by atoms with Gasteiger partial charge in [0.1, 0.15) is 17.5 Å². The molecule has 0 saturated heterocycles. The molecule has 1 saturated carbocycles. The number of hydrogen-bond donors (Lipinski definition) is 2. The van der Waals surface area contributed by atoms with E-state index in [9.17, 15) is 0 Å². The van der Waals surface area contributed by atoms with Gasteiger partial charge in [-0.15, -0.1) is 0 Å². The second-order valence-corrected chi connectivity index (χ2v) is 5.37. The first kappa shape index (κ1) is 13.1. The molecule has 0 aliphatic heterocycles. The van der Waals surface area contributed by atoms with Crippen LogP contribution in [0.25, 0.3) is 0 Å². The van der Waals surface area contributed by atoms with Crippen LogP contribution in [0.15, 0.2) is 6.07 Å². The third kappa shape index (κ3) is 3.12. The summed E-state index contributed by atoms with van der Waals surface area (Å²) in [7, 11) is 0. The third-order valence-corrected chi connectivity index (χ3v) is 3.49. The zero-order valence-electron chi connectivity index (χ0n) is 11.7. The molecule has 0 aromatic carbocycles. The van der Waals surface area contributed by atoms with E-state index in [1.54, 1.807) is 0 Å². The maximum absolute atomic E-state index is 4.61. The molecule has 0 unspecified atom stereocenters. The lowest BCUT2D eigenvalue weighted by atomic mass is 9.78. The molecule has 0 spiro atoms. The molecule has 4 heteroatoms. The second-order valence-electron chi connectivity index (χ2n) is 5.37. The highest BCUT2D eigenvalue weighted by molar-refractivity contribution is 5.49. The van der Waals surface area contributed by atoms with Crippen molar-refractivity contribution in [1.82, 2.24) is 9.97 Å². The number of hydrogen-bond acceptors (Lipinski definition) is 4. The number of aromatic nitrogens is 2. The summed E-state index contributed by atoms with van der Waals surface area (Å²) < 4.78 is 0. The Kier molecular flexibility index (Phi) is 4.04. The summed E-state index contributed by atoms with van der Waals surface area (Å²) in [6.45, 7) is 7.40. The maximum Gasteiger partial charge on any atom is 0.133 e. The Bertz CT molecular complexity index is 375. The van der Waals surface area contributed by atoms with E-state index >= 15 is 0 Å². The molecule has 0 radical (unpaired) electrons. The Morgan fingerprint density at radius 1 is 1.22 bits per heavy atom. The Morgan fingerprint density at radius 2 is 1.94 bits per heavy atom. The summed E-state index contributed by atoms with van der Waals surface area (Å²) in [5.41, 5.74) is 0.237. The van der Waals surface area contributed by atoms with Gasteiger partial charge in [-0.25, -0.2) is 9.97 Å². The molecule has 2 rings (SSSR count). The largest absolute Gasteiger partial charge is 0.370 e. The Hall–Kier alpha value is -1.32. The molecule has 18 heavy (non-hydrogen) atoms. The predicted molar refractivity (Wildman–Crippen MR) is 76.1 cm³/mol. The summed E-state index contributed by atoms with van der Waals surface area (Å²) in [4.78, 5) is 9.13. The van der Waals surface area contributed by atoms with E-state index < -0.39 is 0 Å². The van der Waals surface area contributed by atoms with Crippen molar-refractivity contribution >= 4 is 11.6 Å². The highest BCUT2D eigenvalue weighted by atomic mass is 15.1. The zero-order valence-corrected chi connectivity index (χ0v) is 11.7. The smallest absolute Gasteiger partial charge is 0.133 e. The topological polar surface area (TPSA) is 49.8 Å². The molecular formula is C14H24N4. The summed E-state index contributed by atoms with van der Waals surface area (Å²) >= 11 is 0. The number of aryl methyl sites for hydroxylation is 1. The molecule has 0 bridgehead atoms. The Morgan fingerprint density at radius 3 is 2.50 bits per heavy atom.